The molecule has 110 valence electrons. The van der Waals surface area contributed by atoms with E-state index in [0.29, 0.717) is 5.92 Å². The molecule has 3 rings (SSSR count). The number of anilines is 2. The first kappa shape index (κ1) is 13.6. The molecule has 5 nitrogen and oxygen atoms in total. The van der Waals surface area contributed by atoms with Crippen molar-refractivity contribution in [2.24, 2.45) is 0 Å². The van der Waals surface area contributed by atoms with Gasteiger partial charge in [-0.2, -0.15) is 0 Å². The third kappa shape index (κ3) is 2.73. The topological polar surface area (TPSA) is 61.3 Å². The monoisotopic (exact) mass is 276 g/mol. The van der Waals surface area contributed by atoms with Crippen LogP contribution in [0.2, 0.25) is 0 Å². The molecule has 0 bridgehead atoms. The van der Waals surface area contributed by atoms with Crippen LogP contribution in [0.4, 0.5) is 11.6 Å². The summed E-state index contributed by atoms with van der Waals surface area (Å²) < 4.78 is 0. The van der Waals surface area contributed by atoms with E-state index in [4.69, 9.17) is 9.97 Å². The summed E-state index contributed by atoms with van der Waals surface area (Å²) in [6.07, 6.45) is 3.95. The van der Waals surface area contributed by atoms with Gasteiger partial charge in [-0.25, -0.2) is 9.97 Å². The molecular formula is C15H24N4O. The molecule has 0 unspecified atom stereocenters. The lowest BCUT2D eigenvalue weighted by Gasteiger charge is -2.32. The molecule has 1 aromatic rings. The average molecular weight is 276 g/mol. The lowest BCUT2D eigenvalue weighted by Crippen LogP contribution is -2.37. The summed E-state index contributed by atoms with van der Waals surface area (Å²) in [7, 11) is 0. The van der Waals surface area contributed by atoms with Gasteiger partial charge in [-0.05, 0) is 39.5 Å². The summed E-state index contributed by atoms with van der Waals surface area (Å²) in [5, 5.41) is 13.0. The number of aliphatic hydroxyl groups excluding tert-OH is 1. The first-order valence-corrected chi connectivity index (χ1v) is 7.74. The molecule has 0 spiro atoms. The van der Waals surface area contributed by atoms with Crippen LogP contribution in [-0.4, -0.2) is 40.8 Å². The molecule has 1 aromatic heterocycles. The Hall–Kier alpha value is -1.36. The summed E-state index contributed by atoms with van der Waals surface area (Å²) in [6.45, 7) is 6.83. The second-order valence-corrected chi connectivity index (χ2v) is 5.90. The van der Waals surface area contributed by atoms with Gasteiger partial charge >= 0.3 is 0 Å². The molecule has 2 aliphatic rings. The first-order chi connectivity index (χ1) is 9.69. The zero-order chi connectivity index (χ0) is 14.1. The molecule has 1 saturated heterocycles. The van der Waals surface area contributed by atoms with E-state index in [1.54, 1.807) is 0 Å². The van der Waals surface area contributed by atoms with Crippen LogP contribution in [0.25, 0.3) is 0 Å². The van der Waals surface area contributed by atoms with Crippen molar-refractivity contribution in [1.82, 2.24) is 9.97 Å². The van der Waals surface area contributed by atoms with Crippen LogP contribution in [-0.2, 0) is 0 Å². The molecule has 0 atom stereocenters. The normalized spacial score (nSPS) is 20.2. The molecule has 1 aliphatic heterocycles. The lowest BCUT2D eigenvalue weighted by molar-refractivity contribution is 0.145. The van der Waals surface area contributed by atoms with Gasteiger partial charge in [0.1, 0.15) is 17.5 Å². The van der Waals surface area contributed by atoms with Crippen LogP contribution in [0.1, 0.15) is 49.9 Å². The molecule has 0 radical (unpaired) electrons. The predicted molar refractivity (Wildman–Crippen MR) is 80.4 cm³/mol. The molecule has 1 saturated carbocycles. The van der Waals surface area contributed by atoms with E-state index in [1.807, 2.05) is 0 Å². The number of aliphatic hydroxyl groups is 1. The minimum absolute atomic E-state index is 0.149. The SMILES string of the molecule is CCNc1nc(C2CC2)nc(N2CCC(O)CC2)c1C. The van der Waals surface area contributed by atoms with Gasteiger partial charge in [0, 0.05) is 31.1 Å². The van der Waals surface area contributed by atoms with Crippen molar-refractivity contribution >= 4 is 11.6 Å². The van der Waals surface area contributed by atoms with Crippen molar-refractivity contribution in [1.29, 1.82) is 0 Å². The third-order valence-corrected chi connectivity index (χ3v) is 4.19. The smallest absolute Gasteiger partial charge is 0.137 e. The van der Waals surface area contributed by atoms with Crippen molar-refractivity contribution in [2.75, 3.05) is 29.9 Å². The van der Waals surface area contributed by atoms with Crippen LogP contribution >= 0.6 is 0 Å². The standard InChI is InChI=1S/C15H24N4O/c1-3-16-13-10(2)15(18-14(17-13)11-4-5-11)19-8-6-12(20)7-9-19/h11-12,20H,3-9H2,1-2H3,(H,16,17,18). The van der Waals surface area contributed by atoms with Crippen LogP contribution in [0.15, 0.2) is 0 Å². The predicted octanol–water partition coefficient (Wildman–Crippen LogP) is 2.06. The zero-order valence-electron chi connectivity index (χ0n) is 12.4. The Morgan fingerprint density at radius 1 is 1.20 bits per heavy atom. The summed E-state index contributed by atoms with van der Waals surface area (Å²) in [5.41, 5.74) is 1.13. The molecule has 5 heteroatoms. The Morgan fingerprint density at radius 3 is 2.50 bits per heavy atom. The van der Waals surface area contributed by atoms with Crippen molar-refractivity contribution < 1.29 is 5.11 Å². The highest BCUT2D eigenvalue weighted by molar-refractivity contribution is 5.59. The Morgan fingerprint density at radius 2 is 1.90 bits per heavy atom. The van der Waals surface area contributed by atoms with E-state index in [0.717, 1.165) is 55.5 Å². The fourth-order valence-electron chi connectivity index (χ4n) is 2.77. The molecule has 0 aromatic carbocycles. The Kier molecular flexibility index (Phi) is 3.78. The van der Waals surface area contributed by atoms with E-state index in [1.165, 1.54) is 12.8 Å². The van der Waals surface area contributed by atoms with Crippen molar-refractivity contribution in [2.45, 2.75) is 51.6 Å². The van der Waals surface area contributed by atoms with E-state index >= 15 is 0 Å². The number of nitrogens with zero attached hydrogens (tertiary/aromatic N) is 3. The van der Waals surface area contributed by atoms with Gasteiger partial charge < -0.3 is 15.3 Å². The lowest BCUT2D eigenvalue weighted by atomic mass is 10.1. The van der Waals surface area contributed by atoms with Crippen LogP contribution in [0, 0.1) is 6.92 Å². The van der Waals surface area contributed by atoms with Crippen molar-refractivity contribution in [3.63, 3.8) is 0 Å². The van der Waals surface area contributed by atoms with Crippen molar-refractivity contribution in [3.05, 3.63) is 11.4 Å². The number of nitrogens with one attached hydrogen (secondary N) is 1. The van der Waals surface area contributed by atoms with Gasteiger partial charge in [0.2, 0.25) is 0 Å². The van der Waals surface area contributed by atoms with E-state index < -0.39 is 0 Å². The van der Waals surface area contributed by atoms with Crippen molar-refractivity contribution in [3.8, 4) is 0 Å². The molecule has 20 heavy (non-hydrogen) atoms. The highest BCUT2D eigenvalue weighted by atomic mass is 16.3. The molecule has 2 heterocycles. The molecule has 1 aliphatic carbocycles. The summed E-state index contributed by atoms with van der Waals surface area (Å²) in [6, 6.07) is 0. The van der Waals surface area contributed by atoms with Gasteiger partial charge in [-0.3, -0.25) is 0 Å². The van der Waals surface area contributed by atoms with Gasteiger partial charge in [0.25, 0.3) is 0 Å². The fourth-order valence-corrected chi connectivity index (χ4v) is 2.77. The number of aromatic nitrogens is 2. The largest absolute Gasteiger partial charge is 0.393 e. The molecular weight excluding hydrogens is 252 g/mol. The second kappa shape index (κ2) is 5.56. The quantitative estimate of drug-likeness (QED) is 0.881. The second-order valence-electron chi connectivity index (χ2n) is 5.90. The molecule has 2 N–H and O–H groups in total. The Labute approximate surface area is 120 Å². The molecule has 2 fully saturated rings. The zero-order valence-corrected chi connectivity index (χ0v) is 12.4. The van der Waals surface area contributed by atoms with Gasteiger partial charge in [-0.15, -0.1) is 0 Å². The first-order valence-electron chi connectivity index (χ1n) is 7.74. The summed E-state index contributed by atoms with van der Waals surface area (Å²) in [5.74, 6) is 3.59. The maximum Gasteiger partial charge on any atom is 0.137 e. The number of hydrogen-bond donors (Lipinski definition) is 2. The van der Waals surface area contributed by atoms with E-state index in [9.17, 15) is 5.11 Å². The number of hydrogen-bond acceptors (Lipinski definition) is 5. The Bertz CT molecular complexity index is 479. The van der Waals surface area contributed by atoms with E-state index in [-0.39, 0.29) is 6.10 Å². The molecule has 0 amide bonds. The highest BCUT2D eigenvalue weighted by Gasteiger charge is 2.29. The van der Waals surface area contributed by atoms with Crippen LogP contribution in [0.3, 0.4) is 0 Å². The minimum atomic E-state index is -0.149. The third-order valence-electron chi connectivity index (χ3n) is 4.19. The maximum atomic E-state index is 9.66. The van der Waals surface area contributed by atoms with E-state index in [2.05, 4.69) is 24.1 Å². The minimum Gasteiger partial charge on any atom is -0.393 e. The van der Waals surface area contributed by atoms with Crippen LogP contribution in [0.5, 0.6) is 0 Å². The van der Waals surface area contributed by atoms with Gasteiger partial charge in [0.05, 0.1) is 6.10 Å². The number of piperidine rings is 1. The summed E-state index contributed by atoms with van der Waals surface area (Å²) in [4.78, 5) is 11.8. The van der Waals surface area contributed by atoms with Gasteiger partial charge in [0.15, 0.2) is 0 Å². The maximum absolute atomic E-state index is 9.66. The van der Waals surface area contributed by atoms with Crippen LogP contribution < -0.4 is 10.2 Å². The highest BCUT2D eigenvalue weighted by Crippen LogP contribution is 2.40. The summed E-state index contributed by atoms with van der Waals surface area (Å²) >= 11 is 0. The number of rotatable bonds is 4. The fraction of sp³-hybridized carbons (Fsp3) is 0.733. The Balaban J connectivity index is 1.91. The van der Waals surface area contributed by atoms with Gasteiger partial charge in [-0.1, -0.05) is 0 Å². The average Bonchev–Trinajstić information content (AvgIpc) is 3.27.